The second-order valence-corrected chi connectivity index (χ2v) is 6.33. The average molecular weight is 280 g/mol. The van der Waals surface area contributed by atoms with E-state index in [2.05, 4.69) is 27.7 Å². The molecule has 0 spiro atoms. The molecule has 0 bridgehead atoms. The number of likely N-dealkylation sites (tertiary alicyclic amines) is 1. The van der Waals surface area contributed by atoms with Crippen LogP contribution >= 0.6 is 11.3 Å². The van der Waals surface area contributed by atoms with Gasteiger partial charge in [0, 0.05) is 24.4 Å². The molecule has 1 N–H and O–H groups in total. The Balaban J connectivity index is 1.67. The number of thiophene rings is 1. The second-order valence-electron chi connectivity index (χ2n) is 5.30. The number of rotatable bonds is 6. The molecular weight excluding hydrogens is 256 g/mol. The Bertz CT molecular complexity index is 370. The molecule has 1 aromatic rings. The highest BCUT2D eigenvalue weighted by Crippen LogP contribution is 2.21. The summed E-state index contributed by atoms with van der Waals surface area (Å²) in [5.41, 5.74) is 0. The van der Waals surface area contributed by atoms with Gasteiger partial charge in [-0.3, -0.25) is 4.79 Å². The lowest BCUT2D eigenvalue weighted by Crippen LogP contribution is -2.39. The fraction of sp³-hybridized carbons (Fsp3) is 0.667. The predicted molar refractivity (Wildman–Crippen MR) is 80.5 cm³/mol. The summed E-state index contributed by atoms with van der Waals surface area (Å²) in [6.07, 6.45) is 5.16. The number of hydrogen-bond donors (Lipinski definition) is 1. The van der Waals surface area contributed by atoms with Gasteiger partial charge in [-0.25, -0.2) is 0 Å². The molecule has 2 rings (SSSR count). The van der Waals surface area contributed by atoms with Gasteiger partial charge in [0.2, 0.25) is 5.91 Å². The van der Waals surface area contributed by atoms with E-state index in [9.17, 15) is 4.79 Å². The summed E-state index contributed by atoms with van der Waals surface area (Å²) in [6, 6.07) is 4.17. The lowest BCUT2D eigenvalue weighted by molar-refractivity contribution is -0.132. The highest BCUT2D eigenvalue weighted by molar-refractivity contribution is 7.09. The number of nitrogens with zero attached hydrogens (tertiary/aromatic N) is 1. The van der Waals surface area contributed by atoms with Crippen molar-refractivity contribution in [2.45, 2.75) is 32.1 Å². The van der Waals surface area contributed by atoms with Gasteiger partial charge < -0.3 is 10.2 Å². The summed E-state index contributed by atoms with van der Waals surface area (Å²) >= 11 is 1.74. The maximum absolute atomic E-state index is 12.1. The average Bonchev–Trinajstić information content (AvgIpc) is 2.96. The Labute approximate surface area is 120 Å². The molecule has 0 saturated carbocycles. The fourth-order valence-electron chi connectivity index (χ4n) is 2.66. The van der Waals surface area contributed by atoms with Crippen LogP contribution in [0.25, 0.3) is 0 Å². The number of piperidine rings is 1. The van der Waals surface area contributed by atoms with E-state index in [-0.39, 0.29) is 0 Å². The third-order valence-corrected chi connectivity index (χ3v) is 4.87. The van der Waals surface area contributed by atoms with E-state index in [0.29, 0.717) is 12.3 Å². The molecule has 1 amide bonds. The number of nitrogens with one attached hydrogen (secondary N) is 1. The highest BCUT2D eigenvalue weighted by atomic mass is 32.1. The van der Waals surface area contributed by atoms with Crippen molar-refractivity contribution in [3.05, 3.63) is 22.4 Å². The van der Waals surface area contributed by atoms with Crippen LogP contribution in [0.1, 0.15) is 30.6 Å². The van der Waals surface area contributed by atoms with Crippen molar-refractivity contribution in [1.82, 2.24) is 10.2 Å². The summed E-state index contributed by atoms with van der Waals surface area (Å²) in [6.45, 7) is 3.01. The Morgan fingerprint density at radius 3 is 2.89 bits per heavy atom. The van der Waals surface area contributed by atoms with E-state index in [0.717, 1.165) is 32.0 Å². The largest absolute Gasteiger partial charge is 0.343 e. The number of carbonyl (C=O) groups is 1. The summed E-state index contributed by atoms with van der Waals surface area (Å²) < 4.78 is 0. The third kappa shape index (κ3) is 4.62. The van der Waals surface area contributed by atoms with Crippen molar-refractivity contribution in [2.75, 3.05) is 26.7 Å². The van der Waals surface area contributed by atoms with Crippen molar-refractivity contribution in [3.8, 4) is 0 Å². The van der Waals surface area contributed by atoms with Gasteiger partial charge in [0.25, 0.3) is 0 Å². The van der Waals surface area contributed by atoms with Gasteiger partial charge in [0.1, 0.15) is 0 Å². The van der Waals surface area contributed by atoms with E-state index < -0.39 is 0 Å². The smallest absolute Gasteiger partial charge is 0.222 e. The van der Waals surface area contributed by atoms with E-state index in [1.807, 2.05) is 7.05 Å². The van der Waals surface area contributed by atoms with Crippen LogP contribution in [-0.4, -0.2) is 37.5 Å². The molecular formula is C15H24N2OS. The predicted octanol–water partition coefficient (Wildman–Crippen LogP) is 2.53. The van der Waals surface area contributed by atoms with Crippen LogP contribution in [0.5, 0.6) is 0 Å². The summed E-state index contributed by atoms with van der Waals surface area (Å²) in [5, 5.41) is 5.28. The normalized spacial score (nSPS) is 16.8. The number of amides is 1. The minimum Gasteiger partial charge on any atom is -0.343 e. The molecule has 0 radical (unpaired) electrons. The van der Waals surface area contributed by atoms with Gasteiger partial charge in [-0.05, 0) is 56.6 Å². The molecule has 0 aliphatic carbocycles. The van der Waals surface area contributed by atoms with Crippen LogP contribution < -0.4 is 5.32 Å². The Morgan fingerprint density at radius 1 is 1.47 bits per heavy atom. The Morgan fingerprint density at radius 2 is 2.26 bits per heavy atom. The molecule has 2 heterocycles. The zero-order chi connectivity index (χ0) is 13.5. The van der Waals surface area contributed by atoms with E-state index in [4.69, 9.17) is 0 Å². The minimum atomic E-state index is 0.334. The number of aryl methyl sites for hydroxylation is 1. The molecule has 106 valence electrons. The Hall–Kier alpha value is -0.870. The molecule has 1 fully saturated rings. The summed E-state index contributed by atoms with van der Waals surface area (Å²) in [5.74, 6) is 1.13. The molecule has 0 aromatic carbocycles. The summed E-state index contributed by atoms with van der Waals surface area (Å²) in [4.78, 5) is 15.5. The summed E-state index contributed by atoms with van der Waals surface area (Å²) in [7, 11) is 2.00. The number of carbonyl (C=O) groups excluding carboxylic acids is 1. The van der Waals surface area contributed by atoms with Crippen LogP contribution in [0, 0.1) is 5.92 Å². The molecule has 19 heavy (non-hydrogen) atoms. The van der Waals surface area contributed by atoms with Crippen LogP contribution in [0.2, 0.25) is 0 Å². The van der Waals surface area contributed by atoms with Crippen LogP contribution in [-0.2, 0) is 11.2 Å². The van der Waals surface area contributed by atoms with Gasteiger partial charge in [0.05, 0.1) is 0 Å². The molecule has 0 atom stereocenters. The monoisotopic (exact) mass is 280 g/mol. The standard InChI is InChI=1S/C15H24N2OS/c1-16-9-6-13-7-10-17(11-8-13)15(18)5-4-14-3-2-12-19-14/h2-3,12-13,16H,4-11H2,1H3. The van der Waals surface area contributed by atoms with Crippen LogP contribution in [0.15, 0.2) is 17.5 Å². The van der Waals surface area contributed by atoms with Gasteiger partial charge in [-0.1, -0.05) is 6.07 Å². The second kappa shape index (κ2) is 7.65. The quantitative estimate of drug-likeness (QED) is 0.868. The molecule has 1 saturated heterocycles. The first-order chi connectivity index (χ1) is 9.29. The van der Waals surface area contributed by atoms with Gasteiger partial charge in [-0.15, -0.1) is 11.3 Å². The molecule has 3 nitrogen and oxygen atoms in total. The molecule has 4 heteroatoms. The van der Waals surface area contributed by atoms with Crippen molar-refractivity contribution in [2.24, 2.45) is 5.92 Å². The van der Waals surface area contributed by atoms with Crippen molar-refractivity contribution < 1.29 is 4.79 Å². The molecule has 1 aromatic heterocycles. The first-order valence-corrected chi connectivity index (χ1v) is 8.12. The maximum atomic E-state index is 12.1. The van der Waals surface area contributed by atoms with E-state index >= 15 is 0 Å². The first kappa shape index (κ1) is 14.5. The van der Waals surface area contributed by atoms with Gasteiger partial charge in [-0.2, -0.15) is 0 Å². The first-order valence-electron chi connectivity index (χ1n) is 7.24. The van der Waals surface area contributed by atoms with Gasteiger partial charge in [0.15, 0.2) is 0 Å². The van der Waals surface area contributed by atoms with Gasteiger partial charge >= 0.3 is 0 Å². The molecule has 0 unspecified atom stereocenters. The maximum Gasteiger partial charge on any atom is 0.222 e. The third-order valence-electron chi connectivity index (χ3n) is 3.94. The zero-order valence-corrected chi connectivity index (χ0v) is 12.5. The Kier molecular flexibility index (Phi) is 5.86. The van der Waals surface area contributed by atoms with E-state index in [1.165, 1.54) is 24.1 Å². The van der Waals surface area contributed by atoms with Crippen molar-refractivity contribution in [1.29, 1.82) is 0 Å². The molecule has 1 aliphatic rings. The van der Waals surface area contributed by atoms with Crippen molar-refractivity contribution >= 4 is 17.2 Å². The number of hydrogen-bond acceptors (Lipinski definition) is 3. The van der Waals surface area contributed by atoms with Crippen LogP contribution in [0.3, 0.4) is 0 Å². The van der Waals surface area contributed by atoms with Crippen molar-refractivity contribution in [3.63, 3.8) is 0 Å². The highest BCUT2D eigenvalue weighted by Gasteiger charge is 2.22. The van der Waals surface area contributed by atoms with E-state index in [1.54, 1.807) is 11.3 Å². The SMILES string of the molecule is CNCCC1CCN(C(=O)CCc2cccs2)CC1. The zero-order valence-electron chi connectivity index (χ0n) is 11.7. The van der Waals surface area contributed by atoms with Crippen LogP contribution in [0.4, 0.5) is 0 Å². The lowest BCUT2D eigenvalue weighted by Gasteiger charge is -2.32. The fourth-order valence-corrected chi connectivity index (χ4v) is 3.37. The topological polar surface area (TPSA) is 32.3 Å². The lowest BCUT2D eigenvalue weighted by atomic mass is 9.93. The molecule has 1 aliphatic heterocycles. The minimum absolute atomic E-state index is 0.334.